The highest BCUT2D eigenvalue weighted by atomic mass is 32.2. The Hall–Kier alpha value is -2.07. The summed E-state index contributed by atoms with van der Waals surface area (Å²) in [6.45, 7) is 0.0693. The van der Waals surface area contributed by atoms with Gasteiger partial charge in [-0.1, -0.05) is 12.1 Å². The molecule has 0 aliphatic heterocycles. The van der Waals surface area contributed by atoms with E-state index in [1.54, 1.807) is 17.6 Å². The second-order valence-electron chi connectivity index (χ2n) is 4.92. The number of esters is 1. The molecule has 6 nitrogen and oxygen atoms in total. The topological polar surface area (TPSA) is 85.4 Å². The Balaban J connectivity index is 1.85. The van der Waals surface area contributed by atoms with Crippen LogP contribution in [0.15, 0.2) is 52.2 Å². The molecule has 0 aromatic carbocycles. The quantitative estimate of drug-likeness (QED) is 0.649. The number of carbonyl (C=O) groups excluding carboxylic acids is 1. The molecule has 25 heavy (non-hydrogen) atoms. The van der Waals surface area contributed by atoms with E-state index < -0.39 is 16.0 Å². The SMILES string of the molecule is COC(=O)c1sccc1S(=O)(=O)NCc1cccnc1-c1cccs1. The first-order chi connectivity index (χ1) is 12.0. The summed E-state index contributed by atoms with van der Waals surface area (Å²) in [4.78, 5) is 17.0. The van der Waals surface area contributed by atoms with Gasteiger partial charge in [-0.15, -0.1) is 22.7 Å². The first kappa shape index (κ1) is 17.7. The third-order valence-electron chi connectivity index (χ3n) is 3.39. The molecular weight excluding hydrogens is 380 g/mol. The van der Waals surface area contributed by atoms with Gasteiger partial charge in [0.1, 0.15) is 9.77 Å². The van der Waals surface area contributed by atoms with Crippen LogP contribution >= 0.6 is 22.7 Å². The molecule has 0 amide bonds. The van der Waals surface area contributed by atoms with Crippen LogP contribution in [0, 0.1) is 0 Å². The van der Waals surface area contributed by atoms with E-state index in [4.69, 9.17) is 0 Å². The van der Waals surface area contributed by atoms with Gasteiger partial charge in [0.05, 0.1) is 17.7 Å². The Bertz CT molecular complexity index is 978. The molecule has 0 unspecified atom stereocenters. The van der Waals surface area contributed by atoms with Crippen LogP contribution in [0.25, 0.3) is 10.6 Å². The Labute approximate surface area is 153 Å². The van der Waals surface area contributed by atoms with Crippen molar-refractivity contribution in [3.05, 3.63) is 57.7 Å². The Morgan fingerprint density at radius 3 is 2.76 bits per heavy atom. The number of aromatic nitrogens is 1. The molecule has 0 radical (unpaired) electrons. The van der Waals surface area contributed by atoms with Crippen molar-refractivity contribution in [2.75, 3.05) is 7.11 Å². The summed E-state index contributed by atoms with van der Waals surface area (Å²) in [5.74, 6) is -0.670. The van der Waals surface area contributed by atoms with Gasteiger partial charge in [-0.05, 0) is 34.5 Å². The Morgan fingerprint density at radius 2 is 2.04 bits per heavy atom. The number of nitrogens with one attached hydrogen (secondary N) is 1. The maximum atomic E-state index is 12.6. The average molecular weight is 394 g/mol. The molecule has 1 N–H and O–H groups in total. The maximum Gasteiger partial charge on any atom is 0.349 e. The second kappa shape index (κ2) is 7.44. The van der Waals surface area contributed by atoms with Crippen LogP contribution in [0.5, 0.6) is 0 Å². The number of methoxy groups -OCH3 is 1. The third-order valence-corrected chi connectivity index (χ3v) is 6.73. The summed E-state index contributed by atoms with van der Waals surface area (Å²) >= 11 is 2.56. The van der Waals surface area contributed by atoms with E-state index in [1.807, 2.05) is 23.6 Å². The van der Waals surface area contributed by atoms with Crippen molar-refractivity contribution in [1.82, 2.24) is 9.71 Å². The summed E-state index contributed by atoms with van der Waals surface area (Å²) in [5, 5.41) is 3.48. The first-order valence-corrected chi connectivity index (χ1v) is 10.4. The maximum absolute atomic E-state index is 12.6. The van der Waals surface area contributed by atoms with Crippen molar-refractivity contribution >= 4 is 38.7 Å². The Kier molecular flexibility index (Phi) is 5.28. The fraction of sp³-hybridized carbons (Fsp3) is 0.125. The molecule has 0 atom stereocenters. The normalized spacial score (nSPS) is 11.4. The van der Waals surface area contributed by atoms with Crippen LogP contribution in [0.1, 0.15) is 15.2 Å². The summed E-state index contributed by atoms with van der Waals surface area (Å²) in [6.07, 6.45) is 1.67. The predicted octanol–water partition coefficient (Wildman–Crippen LogP) is 3.14. The lowest BCUT2D eigenvalue weighted by Crippen LogP contribution is -2.24. The van der Waals surface area contributed by atoms with Crippen molar-refractivity contribution in [3.8, 4) is 10.6 Å². The largest absolute Gasteiger partial charge is 0.465 e. The molecule has 130 valence electrons. The highest BCUT2D eigenvalue weighted by molar-refractivity contribution is 7.89. The lowest BCUT2D eigenvalue weighted by atomic mass is 10.2. The number of sulfonamides is 1. The number of hydrogen-bond acceptors (Lipinski definition) is 7. The fourth-order valence-electron chi connectivity index (χ4n) is 2.22. The van der Waals surface area contributed by atoms with Gasteiger partial charge in [0.2, 0.25) is 10.0 Å². The molecule has 0 aliphatic rings. The minimum Gasteiger partial charge on any atom is -0.465 e. The Morgan fingerprint density at radius 1 is 1.20 bits per heavy atom. The summed E-state index contributed by atoms with van der Waals surface area (Å²) in [6, 6.07) is 8.81. The highest BCUT2D eigenvalue weighted by Gasteiger charge is 2.24. The van der Waals surface area contributed by atoms with Crippen LogP contribution < -0.4 is 4.72 Å². The van der Waals surface area contributed by atoms with Crippen LogP contribution in [0.2, 0.25) is 0 Å². The number of ether oxygens (including phenoxy) is 1. The van der Waals surface area contributed by atoms with Gasteiger partial charge in [0.15, 0.2) is 0 Å². The molecule has 3 rings (SSSR count). The average Bonchev–Trinajstić information content (AvgIpc) is 3.31. The molecule has 9 heteroatoms. The first-order valence-electron chi connectivity index (χ1n) is 7.16. The van der Waals surface area contributed by atoms with Crippen molar-refractivity contribution < 1.29 is 17.9 Å². The molecule has 3 aromatic rings. The number of nitrogens with zero attached hydrogens (tertiary/aromatic N) is 1. The minimum absolute atomic E-state index is 0.0552. The van der Waals surface area contributed by atoms with E-state index >= 15 is 0 Å². The molecule has 3 aromatic heterocycles. The number of thiophene rings is 2. The molecule has 0 saturated carbocycles. The van der Waals surface area contributed by atoms with E-state index in [0.29, 0.717) is 0 Å². The fourth-order valence-corrected chi connectivity index (χ4v) is 5.31. The van der Waals surface area contributed by atoms with Gasteiger partial charge in [0.25, 0.3) is 0 Å². The van der Waals surface area contributed by atoms with Crippen molar-refractivity contribution in [2.45, 2.75) is 11.4 Å². The second-order valence-corrected chi connectivity index (χ2v) is 8.52. The zero-order valence-electron chi connectivity index (χ0n) is 13.1. The van der Waals surface area contributed by atoms with Crippen LogP contribution in [-0.2, 0) is 21.3 Å². The number of rotatable bonds is 6. The van der Waals surface area contributed by atoms with Gasteiger partial charge in [-0.25, -0.2) is 17.9 Å². The molecular formula is C16H14N2O4S3. The van der Waals surface area contributed by atoms with Crippen molar-refractivity contribution in [2.24, 2.45) is 0 Å². The lowest BCUT2D eigenvalue weighted by Gasteiger charge is -2.09. The molecule has 0 spiro atoms. The molecule has 3 heterocycles. The van der Waals surface area contributed by atoms with Crippen LogP contribution in [0.3, 0.4) is 0 Å². The molecule has 0 saturated heterocycles. The minimum atomic E-state index is -3.85. The number of hydrogen-bond donors (Lipinski definition) is 1. The summed E-state index contributed by atoms with van der Waals surface area (Å²) in [7, 11) is -2.63. The van der Waals surface area contributed by atoms with Gasteiger partial charge in [-0.2, -0.15) is 0 Å². The van der Waals surface area contributed by atoms with Gasteiger partial charge in [-0.3, -0.25) is 4.98 Å². The van der Waals surface area contributed by atoms with Crippen LogP contribution in [0.4, 0.5) is 0 Å². The van der Waals surface area contributed by atoms with E-state index in [-0.39, 0.29) is 16.3 Å². The molecule has 0 fully saturated rings. The van der Waals surface area contributed by atoms with E-state index in [9.17, 15) is 13.2 Å². The number of carbonyl (C=O) groups is 1. The molecule has 0 bridgehead atoms. The predicted molar refractivity (Wildman–Crippen MR) is 97.2 cm³/mol. The van der Waals surface area contributed by atoms with Crippen molar-refractivity contribution in [1.29, 1.82) is 0 Å². The number of pyridine rings is 1. The summed E-state index contributed by atoms with van der Waals surface area (Å²) < 4.78 is 32.3. The van der Waals surface area contributed by atoms with Gasteiger partial charge < -0.3 is 4.74 Å². The summed E-state index contributed by atoms with van der Waals surface area (Å²) in [5.41, 5.74) is 1.49. The zero-order chi connectivity index (χ0) is 17.9. The monoisotopic (exact) mass is 394 g/mol. The lowest BCUT2D eigenvalue weighted by molar-refractivity contribution is 0.0602. The standard InChI is InChI=1S/C16H14N2O4S3/c1-22-16(19)15-13(6-9-24-15)25(20,21)18-10-11-4-2-7-17-14(11)12-5-3-8-23-12/h2-9,18H,10H2,1H3. The van der Waals surface area contributed by atoms with E-state index in [1.165, 1.54) is 24.5 Å². The van der Waals surface area contributed by atoms with Crippen LogP contribution in [-0.4, -0.2) is 26.5 Å². The smallest absolute Gasteiger partial charge is 0.349 e. The molecule has 0 aliphatic carbocycles. The highest BCUT2D eigenvalue weighted by Crippen LogP contribution is 2.27. The third kappa shape index (κ3) is 3.79. The van der Waals surface area contributed by atoms with Gasteiger partial charge >= 0.3 is 5.97 Å². The zero-order valence-corrected chi connectivity index (χ0v) is 15.6. The van der Waals surface area contributed by atoms with Gasteiger partial charge in [0, 0.05) is 12.7 Å². The van der Waals surface area contributed by atoms with E-state index in [0.717, 1.165) is 27.5 Å². The van der Waals surface area contributed by atoms with E-state index in [2.05, 4.69) is 14.4 Å². The van der Waals surface area contributed by atoms with Crippen molar-refractivity contribution in [3.63, 3.8) is 0 Å².